The number of benzene rings is 2. The Labute approximate surface area is 171 Å². The Morgan fingerprint density at radius 1 is 1.07 bits per heavy atom. The van der Waals surface area contributed by atoms with Gasteiger partial charge in [-0.3, -0.25) is 4.79 Å². The van der Waals surface area contributed by atoms with Gasteiger partial charge in [0.15, 0.2) is 5.78 Å². The van der Waals surface area contributed by atoms with Gasteiger partial charge < -0.3 is 9.72 Å². The number of fused-ring (bicyclic) bond motifs is 1. The van der Waals surface area contributed by atoms with Crippen molar-refractivity contribution in [1.29, 1.82) is 0 Å². The Morgan fingerprint density at radius 3 is 2.34 bits per heavy atom. The van der Waals surface area contributed by atoms with Gasteiger partial charge in [-0.15, -0.1) is 0 Å². The molecule has 0 bridgehead atoms. The van der Waals surface area contributed by atoms with Crippen molar-refractivity contribution in [3.8, 4) is 11.1 Å². The monoisotopic (exact) mass is 389 g/mol. The van der Waals surface area contributed by atoms with Crippen LogP contribution in [0.1, 0.15) is 66.9 Å². The molecule has 29 heavy (non-hydrogen) atoms. The number of aromatic nitrogens is 1. The van der Waals surface area contributed by atoms with Gasteiger partial charge in [-0.05, 0) is 42.4 Å². The second-order valence-electron chi connectivity index (χ2n) is 8.79. The molecule has 1 fully saturated rings. The molecule has 0 aliphatic heterocycles. The van der Waals surface area contributed by atoms with Crippen LogP contribution in [-0.2, 0) is 10.2 Å². The van der Waals surface area contributed by atoms with Gasteiger partial charge in [0, 0.05) is 22.4 Å². The summed E-state index contributed by atoms with van der Waals surface area (Å²) < 4.78 is 5.30. The van der Waals surface area contributed by atoms with E-state index >= 15 is 0 Å². The van der Waals surface area contributed by atoms with Crippen LogP contribution in [0, 0.1) is 5.92 Å². The van der Waals surface area contributed by atoms with Crippen LogP contribution in [0.15, 0.2) is 42.5 Å². The zero-order valence-corrected chi connectivity index (χ0v) is 17.5. The van der Waals surface area contributed by atoms with Crippen molar-refractivity contribution < 1.29 is 14.3 Å². The molecule has 0 atom stereocenters. The largest absolute Gasteiger partial charge is 0.461 e. The molecule has 150 valence electrons. The maximum absolute atomic E-state index is 12.8. The summed E-state index contributed by atoms with van der Waals surface area (Å²) in [7, 11) is 0. The van der Waals surface area contributed by atoms with E-state index in [2.05, 4.69) is 37.9 Å². The molecule has 4 heteroatoms. The third kappa shape index (κ3) is 3.59. The van der Waals surface area contributed by atoms with E-state index in [-0.39, 0.29) is 17.1 Å². The smallest absolute Gasteiger partial charge is 0.355 e. The molecule has 0 amide bonds. The molecule has 1 N–H and O–H groups in total. The molecule has 1 saturated carbocycles. The number of hydrogen-bond donors (Lipinski definition) is 1. The fourth-order valence-electron chi connectivity index (χ4n) is 3.78. The van der Waals surface area contributed by atoms with Crippen LogP contribution in [0.25, 0.3) is 22.0 Å². The highest BCUT2D eigenvalue weighted by Crippen LogP contribution is 2.39. The van der Waals surface area contributed by atoms with Crippen molar-refractivity contribution in [2.45, 2.75) is 46.0 Å². The first-order chi connectivity index (χ1) is 13.8. The number of hydrogen-bond acceptors (Lipinski definition) is 3. The van der Waals surface area contributed by atoms with E-state index in [1.165, 1.54) is 5.56 Å². The van der Waals surface area contributed by atoms with Gasteiger partial charge in [-0.2, -0.15) is 0 Å². The minimum Gasteiger partial charge on any atom is -0.461 e. The number of H-pyrrole nitrogens is 1. The molecule has 0 unspecified atom stereocenters. The third-order valence-electron chi connectivity index (χ3n) is 5.57. The van der Waals surface area contributed by atoms with Crippen molar-refractivity contribution in [2.75, 3.05) is 6.61 Å². The van der Waals surface area contributed by atoms with E-state index in [0.717, 1.165) is 34.9 Å². The standard InChI is InChI=1S/C25H27NO3/c1-5-29-24(28)22-20(15-11-13-17(14-12-15)25(2,3)4)18-7-6-8-19(21(18)26-22)23(27)16-9-10-16/h6-8,11-14,16,26H,5,9-10H2,1-4H3. The van der Waals surface area contributed by atoms with Crippen LogP contribution in [-0.4, -0.2) is 23.3 Å². The lowest BCUT2D eigenvalue weighted by Crippen LogP contribution is -2.10. The van der Waals surface area contributed by atoms with Crippen LogP contribution in [0.2, 0.25) is 0 Å². The molecule has 4 rings (SSSR count). The van der Waals surface area contributed by atoms with E-state index in [4.69, 9.17) is 4.74 Å². The normalized spacial score (nSPS) is 14.2. The van der Waals surface area contributed by atoms with Gasteiger partial charge in [-0.1, -0.05) is 57.2 Å². The number of esters is 1. The highest BCUT2D eigenvalue weighted by Gasteiger charge is 2.32. The van der Waals surface area contributed by atoms with Crippen LogP contribution in [0.4, 0.5) is 0 Å². The summed E-state index contributed by atoms with van der Waals surface area (Å²) >= 11 is 0. The number of Topliss-reactive ketones (excluding diaryl/α,β-unsaturated/α-hetero) is 1. The molecule has 4 nitrogen and oxygen atoms in total. The van der Waals surface area contributed by atoms with Crippen molar-refractivity contribution in [3.63, 3.8) is 0 Å². The maximum atomic E-state index is 12.8. The Morgan fingerprint density at radius 2 is 1.76 bits per heavy atom. The zero-order chi connectivity index (χ0) is 20.8. The number of aromatic amines is 1. The van der Waals surface area contributed by atoms with Crippen LogP contribution >= 0.6 is 0 Å². The maximum Gasteiger partial charge on any atom is 0.355 e. The van der Waals surface area contributed by atoms with Gasteiger partial charge >= 0.3 is 5.97 Å². The predicted molar refractivity (Wildman–Crippen MR) is 115 cm³/mol. The number of ketones is 1. The molecule has 3 aromatic rings. The van der Waals surface area contributed by atoms with Crippen molar-refractivity contribution in [1.82, 2.24) is 4.98 Å². The molecule has 0 spiro atoms. The second-order valence-corrected chi connectivity index (χ2v) is 8.79. The summed E-state index contributed by atoms with van der Waals surface area (Å²) in [5, 5.41) is 0.878. The Hall–Kier alpha value is -2.88. The van der Waals surface area contributed by atoms with E-state index in [1.807, 2.05) is 30.3 Å². The van der Waals surface area contributed by atoms with Gasteiger partial charge in [0.25, 0.3) is 0 Å². The molecule has 1 heterocycles. The first-order valence-electron chi connectivity index (χ1n) is 10.3. The van der Waals surface area contributed by atoms with E-state index < -0.39 is 5.97 Å². The quantitative estimate of drug-likeness (QED) is 0.436. The van der Waals surface area contributed by atoms with Gasteiger partial charge in [0.2, 0.25) is 0 Å². The van der Waals surface area contributed by atoms with Crippen LogP contribution in [0.5, 0.6) is 0 Å². The zero-order valence-electron chi connectivity index (χ0n) is 17.5. The van der Waals surface area contributed by atoms with Crippen LogP contribution in [0.3, 0.4) is 0 Å². The van der Waals surface area contributed by atoms with Crippen molar-refractivity contribution >= 4 is 22.7 Å². The number of para-hydroxylation sites is 1. The van der Waals surface area contributed by atoms with E-state index in [0.29, 0.717) is 17.9 Å². The summed E-state index contributed by atoms with van der Waals surface area (Å²) in [6.07, 6.45) is 1.89. The lowest BCUT2D eigenvalue weighted by Gasteiger charge is -2.19. The fraction of sp³-hybridized carbons (Fsp3) is 0.360. The molecular weight excluding hydrogens is 362 g/mol. The highest BCUT2D eigenvalue weighted by atomic mass is 16.5. The minimum atomic E-state index is -0.400. The molecule has 1 aliphatic carbocycles. The Kier molecular flexibility index (Phi) is 4.81. The van der Waals surface area contributed by atoms with Crippen molar-refractivity contribution in [3.05, 3.63) is 59.3 Å². The summed E-state index contributed by atoms with van der Waals surface area (Å²) in [5.74, 6) is -0.130. The second kappa shape index (κ2) is 7.18. The van der Waals surface area contributed by atoms with Crippen LogP contribution < -0.4 is 0 Å². The topological polar surface area (TPSA) is 59.2 Å². The van der Waals surface area contributed by atoms with E-state index in [1.54, 1.807) is 6.92 Å². The summed E-state index contributed by atoms with van der Waals surface area (Å²) in [4.78, 5) is 28.7. The van der Waals surface area contributed by atoms with Gasteiger partial charge in [0.05, 0.1) is 12.1 Å². The van der Waals surface area contributed by atoms with E-state index in [9.17, 15) is 9.59 Å². The average molecular weight is 389 g/mol. The Balaban J connectivity index is 1.91. The SMILES string of the molecule is CCOC(=O)c1[nH]c2c(C(=O)C3CC3)cccc2c1-c1ccc(C(C)(C)C)cc1. The molecule has 0 radical (unpaired) electrons. The first-order valence-corrected chi connectivity index (χ1v) is 10.3. The molecule has 1 aliphatic rings. The summed E-state index contributed by atoms with van der Waals surface area (Å²) in [6, 6.07) is 14.0. The molecule has 2 aromatic carbocycles. The highest BCUT2D eigenvalue weighted by molar-refractivity contribution is 6.15. The fourth-order valence-corrected chi connectivity index (χ4v) is 3.78. The molecule has 0 saturated heterocycles. The molecular formula is C25H27NO3. The first kappa shape index (κ1) is 19.4. The number of carbonyl (C=O) groups is 2. The Bertz CT molecular complexity index is 1080. The summed E-state index contributed by atoms with van der Waals surface area (Å²) in [5.41, 5.74) is 4.79. The predicted octanol–water partition coefficient (Wildman–Crippen LogP) is 5.90. The average Bonchev–Trinajstić information content (AvgIpc) is 3.46. The third-order valence-corrected chi connectivity index (χ3v) is 5.57. The summed E-state index contributed by atoms with van der Waals surface area (Å²) in [6.45, 7) is 8.61. The van der Waals surface area contributed by atoms with Crippen molar-refractivity contribution in [2.24, 2.45) is 5.92 Å². The number of ether oxygens (including phenoxy) is 1. The lowest BCUT2D eigenvalue weighted by molar-refractivity contribution is 0.0521. The number of nitrogens with one attached hydrogen (secondary N) is 1. The number of rotatable bonds is 5. The van der Waals surface area contributed by atoms with Gasteiger partial charge in [-0.25, -0.2) is 4.79 Å². The molecule has 1 aromatic heterocycles. The lowest BCUT2D eigenvalue weighted by atomic mass is 9.86. The van der Waals surface area contributed by atoms with Gasteiger partial charge in [0.1, 0.15) is 5.69 Å². The number of carbonyl (C=O) groups excluding carboxylic acids is 2. The minimum absolute atomic E-state index is 0.0482.